The summed E-state index contributed by atoms with van der Waals surface area (Å²) < 4.78 is 16.9. The largest absolute Gasteiger partial charge is 0.462 e. The first-order valence-corrected chi connectivity index (χ1v) is 30.6. The summed E-state index contributed by atoms with van der Waals surface area (Å²) in [4.78, 5) is 38.2. The minimum absolute atomic E-state index is 0.0819. The molecular formula is C66H114O6. The predicted octanol–water partition coefficient (Wildman–Crippen LogP) is 20.7. The van der Waals surface area contributed by atoms with Crippen molar-refractivity contribution in [3.05, 3.63) is 85.1 Å². The lowest BCUT2D eigenvalue weighted by Crippen LogP contribution is -2.30. The Bertz CT molecular complexity index is 1380. The number of hydrogen-bond donors (Lipinski definition) is 0. The second kappa shape index (κ2) is 60.1. The van der Waals surface area contributed by atoms with E-state index in [-0.39, 0.29) is 31.1 Å². The van der Waals surface area contributed by atoms with Crippen LogP contribution in [0.2, 0.25) is 0 Å². The molecule has 0 aromatic rings. The van der Waals surface area contributed by atoms with Crippen LogP contribution in [0.5, 0.6) is 0 Å². The third kappa shape index (κ3) is 57.5. The molecule has 0 radical (unpaired) electrons. The minimum atomic E-state index is -0.786. The van der Waals surface area contributed by atoms with Gasteiger partial charge in [-0.2, -0.15) is 0 Å². The number of esters is 3. The molecular weight excluding hydrogens is 889 g/mol. The van der Waals surface area contributed by atoms with E-state index in [4.69, 9.17) is 14.2 Å². The monoisotopic (exact) mass is 1000 g/mol. The normalized spacial score (nSPS) is 12.7. The van der Waals surface area contributed by atoms with Crippen LogP contribution in [0.4, 0.5) is 0 Å². The van der Waals surface area contributed by atoms with Crippen molar-refractivity contribution in [2.45, 2.75) is 303 Å². The summed E-state index contributed by atoms with van der Waals surface area (Å²) in [6.45, 7) is 6.53. The van der Waals surface area contributed by atoms with Gasteiger partial charge in [0.2, 0.25) is 0 Å². The smallest absolute Gasteiger partial charge is 0.306 e. The number of unbranched alkanes of at least 4 members (excludes halogenated alkanes) is 30. The van der Waals surface area contributed by atoms with Gasteiger partial charge < -0.3 is 14.2 Å². The van der Waals surface area contributed by atoms with E-state index >= 15 is 0 Å². The minimum Gasteiger partial charge on any atom is -0.462 e. The second-order valence-corrected chi connectivity index (χ2v) is 20.2. The maximum atomic E-state index is 12.9. The zero-order valence-electron chi connectivity index (χ0n) is 47.4. The van der Waals surface area contributed by atoms with Crippen molar-refractivity contribution < 1.29 is 28.6 Å². The summed E-state index contributed by atoms with van der Waals surface area (Å²) in [6, 6.07) is 0. The summed E-state index contributed by atoms with van der Waals surface area (Å²) >= 11 is 0. The quantitative estimate of drug-likeness (QED) is 0.0261. The lowest BCUT2D eigenvalue weighted by Gasteiger charge is -2.18. The number of allylic oxidation sites excluding steroid dienone is 14. The van der Waals surface area contributed by atoms with Gasteiger partial charge in [-0.25, -0.2) is 0 Å². The van der Waals surface area contributed by atoms with Gasteiger partial charge in [-0.1, -0.05) is 266 Å². The number of hydrogen-bond acceptors (Lipinski definition) is 6. The van der Waals surface area contributed by atoms with E-state index in [0.717, 1.165) is 122 Å². The highest BCUT2D eigenvalue weighted by Gasteiger charge is 2.19. The van der Waals surface area contributed by atoms with Crippen LogP contribution in [-0.2, 0) is 28.6 Å². The summed E-state index contributed by atoms with van der Waals surface area (Å²) in [5, 5.41) is 0. The Morgan fingerprint density at radius 3 is 0.861 bits per heavy atom. The second-order valence-electron chi connectivity index (χ2n) is 20.2. The Balaban J connectivity index is 4.36. The van der Waals surface area contributed by atoms with Gasteiger partial charge in [-0.3, -0.25) is 14.4 Å². The first-order chi connectivity index (χ1) is 35.5. The lowest BCUT2D eigenvalue weighted by molar-refractivity contribution is -0.167. The topological polar surface area (TPSA) is 78.9 Å². The SMILES string of the molecule is CC/C=C\C/C=C\C/C=C\C/C=C\C/C=C\C/C=C\CCCCCCCCC(=O)OCC(COC(=O)CCCCCCCCCCCCCCCC)OC(=O)CCCCCCC/C=C\CCCCCCCC. The number of rotatable bonds is 55. The fraction of sp³-hybridized carbons (Fsp3) is 0.742. The van der Waals surface area contributed by atoms with Gasteiger partial charge in [-0.15, -0.1) is 0 Å². The number of carbonyl (C=O) groups excluding carboxylic acids is 3. The Hall–Kier alpha value is -3.41. The van der Waals surface area contributed by atoms with Crippen molar-refractivity contribution in [3.8, 4) is 0 Å². The molecule has 0 fully saturated rings. The molecule has 0 bridgehead atoms. The molecule has 0 spiro atoms. The van der Waals surface area contributed by atoms with Crippen LogP contribution >= 0.6 is 0 Å². The summed E-state index contributed by atoms with van der Waals surface area (Å²) in [5.41, 5.74) is 0. The van der Waals surface area contributed by atoms with Gasteiger partial charge in [0, 0.05) is 19.3 Å². The molecule has 6 nitrogen and oxygen atoms in total. The van der Waals surface area contributed by atoms with Crippen molar-refractivity contribution in [2.24, 2.45) is 0 Å². The van der Waals surface area contributed by atoms with Crippen molar-refractivity contribution in [2.75, 3.05) is 13.2 Å². The van der Waals surface area contributed by atoms with Crippen molar-refractivity contribution in [3.63, 3.8) is 0 Å². The van der Waals surface area contributed by atoms with E-state index in [9.17, 15) is 14.4 Å². The lowest BCUT2D eigenvalue weighted by atomic mass is 10.0. The van der Waals surface area contributed by atoms with Gasteiger partial charge in [0.05, 0.1) is 0 Å². The molecule has 414 valence electrons. The molecule has 0 saturated carbocycles. The molecule has 0 N–H and O–H groups in total. The first-order valence-electron chi connectivity index (χ1n) is 30.6. The molecule has 0 aliphatic carbocycles. The maximum absolute atomic E-state index is 12.9. The fourth-order valence-corrected chi connectivity index (χ4v) is 8.56. The third-order valence-corrected chi connectivity index (χ3v) is 13.1. The predicted molar refractivity (Wildman–Crippen MR) is 311 cm³/mol. The van der Waals surface area contributed by atoms with Crippen molar-refractivity contribution in [1.82, 2.24) is 0 Å². The Labute approximate surface area is 445 Å². The summed E-state index contributed by atoms with van der Waals surface area (Å²) in [5.74, 6) is -0.895. The highest BCUT2D eigenvalue weighted by molar-refractivity contribution is 5.71. The molecule has 0 aliphatic heterocycles. The molecule has 0 rings (SSSR count). The van der Waals surface area contributed by atoms with Crippen molar-refractivity contribution in [1.29, 1.82) is 0 Å². The highest BCUT2D eigenvalue weighted by atomic mass is 16.6. The Morgan fingerprint density at radius 2 is 0.542 bits per heavy atom. The first kappa shape index (κ1) is 68.6. The van der Waals surface area contributed by atoms with Crippen LogP contribution in [0.15, 0.2) is 85.1 Å². The average molecular weight is 1000 g/mol. The molecule has 0 heterocycles. The van der Waals surface area contributed by atoms with Crippen LogP contribution in [0, 0.1) is 0 Å². The van der Waals surface area contributed by atoms with Gasteiger partial charge >= 0.3 is 17.9 Å². The van der Waals surface area contributed by atoms with E-state index < -0.39 is 6.10 Å². The van der Waals surface area contributed by atoms with Crippen molar-refractivity contribution >= 4 is 17.9 Å². The van der Waals surface area contributed by atoms with Crippen LogP contribution in [-0.4, -0.2) is 37.2 Å². The standard InChI is InChI=1S/C66H114O6/c1-4-7-10-13-16-19-22-25-28-29-30-31-32-33-34-35-36-37-39-41-44-47-50-53-56-59-65(68)71-62-63(61-70-64(67)58-55-52-49-46-43-40-27-24-21-18-15-12-9-6-3)72-66(69)60-57-54-51-48-45-42-38-26-23-20-17-14-11-8-5-2/h7,10,16,19,25-26,28,30-31,33-34,36-38,63H,4-6,8-9,11-15,17-18,20-24,27,29,32,35,39-62H2,1-3H3/b10-7-,19-16-,28-25-,31-30-,34-33-,37-36-,38-26-. The third-order valence-electron chi connectivity index (χ3n) is 13.1. The van der Waals surface area contributed by atoms with Crippen LogP contribution in [0.25, 0.3) is 0 Å². The van der Waals surface area contributed by atoms with E-state index in [1.54, 1.807) is 0 Å². The number of ether oxygens (including phenoxy) is 3. The van der Waals surface area contributed by atoms with Gasteiger partial charge in [-0.05, 0) is 96.3 Å². The van der Waals surface area contributed by atoms with E-state index in [0.29, 0.717) is 19.3 Å². The molecule has 0 aromatic carbocycles. The highest BCUT2D eigenvalue weighted by Crippen LogP contribution is 2.16. The van der Waals surface area contributed by atoms with Crippen LogP contribution in [0.1, 0.15) is 297 Å². The zero-order chi connectivity index (χ0) is 52.2. The molecule has 1 atom stereocenters. The average Bonchev–Trinajstić information content (AvgIpc) is 3.38. The molecule has 0 saturated heterocycles. The fourth-order valence-electron chi connectivity index (χ4n) is 8.56. The molecule has 72 heavy (non-hydrogen) atoms. The molecule has 0 aromatic heterocycles. The molecule has 0 aliphatic rings. The zero-order valence-corrected chi connectivity index (χ0v) is 47.4. The van der Waals surface area contributed by atoms with Crippen LogP contribution < -0.4 is 0 Å². The van der Waals surface area contributed by atoms with Gasteiger partial charge in [0.1, 0.15) is 13.2 Å². The molecule has 1 unspecified atom stereocenters. The van der Waals surface area contributed by atoms with Crippen LogP contribution in [0.3, 0.4) is 0 Å². The van der Waals surface area contributed by atoms with E-state index in [1.807, 2.05) is 0 Å². The molecule has 0 amide bonds. The molecule has 6 heteroatoms. The van der Waals surface area contributed by atoms with E-state index in [1.165, 1.54) is 135 Å². The van der Waals surface area contributed by atoms with Gasteiger partial charge in [0.25, 0.3) is 0 Å². The summed E-state index contributed by atoms with van der Waals surface area (Å²) in [7, 11) is 0. The maximum Gasteiger partial charge on any atom is 0.306 e. The van der Waals surface area contributed by atoms with Gasteiger partial charge in [0.15, 0.2) is 6.10 Å². The summed E-state index contributed by atoms with van der Waals surface area (Å²) in [6.07, 6.45) is 78.6. The van der Waals surface area contributed by atoms with E-state index in [2.05, 4.69) is 106 Å². The Kier molecular flexibility index (Phi) is 57.3. The number of carbonyl (C=O) groups is 3. The Morgan fingerprint density at radius 1 is 0.292 bits per heavy atom.